The standard InChI is InChI=1S/C20H20BrClFNO2S/c1-12-16-15(11-14(23)18(22)17(16)21)26-20(12,13-7-5-4-6-8-13)10-9-19(2,3)27(24)25/h4-12H,24H2,1-3H3/b10-9+/t12-,20-,27?/m0/s1. The van der Waals surface area contributed by atoms with E-state index >= 15 is 0 Å². The molecule has 1 aliphatic rings. The Labute approximate surface area is 174 Å². The molecule has 3 atom stereocenters. The van der Waals surface area contributed by atoms with Crippen LogP contribution in [0.25, 0.3) is 0 Å². The van der Waals surface area contributed by atoms with Gasteiger partial charge >= 0.3 is 0 Å². The number of fused-ring (bicyclic) bond motifs is 1. The lowest BCUT2D eigenvalue weighted by atomic mass is 9.79. The van der Waals surface area contributed by atoms with Crippen LogP contribution in [-0.2, 0) is 16.6 Å². The van der Waals surface area contributed by atoms with E-state index < -0.39 is 27.2 Å². The van der Waals surface area contributed by atoms with Gasteiger partial charge in [0.05, 0.1) is 20.8 Å². The fourth-order valence-electron chi connectivity index (χ4n) is 3.23. The molecule has 3 nitrogen and oxygen atoms in total. The summed E-state index contributed by atoms with van der Waals surface area (Å²) in [6.45, 7) is 5.57. The van der Waals surface area contributed by atoms with E-state index in [0.29, 0.717) is 10.2 Å². The summed E-state index contributed by atoms with van der Waals surface area (Å²) in [5.74, 6) is -0.303. The van der Waals surface area contributed by atoms with Crippen LogP contribution in [0, 0.1) is 5.82 Å². The number of benzene rings is 2. The van der Waals surface area contributed by atoms with Crippen LogP contribution in [0.5, 0.6) is 5.75 Å². The Balaban J connectivity index is 2.20. The molecule has 0 saturated carbocycles. The Morgan fingerprint density at radius 1 is 1.37 bits per heavy atom. The molecule has 2 aromatic carbocycles. The highest BCUT2D eigenvalue weighted by Gasteiger charge is 2.47. The Hall–Kier alpha value is -1.21. The second-order valence-electron chi connectivity index (χ2n) is 7.12. The summed E-state index contributed by atoms with van der Waals surface area (Å²) in [4.78, 5) is 0. The molecule has 3 rings (SSSR count). The number of rotatable bonds is 4. The fraction of sp³-hybridized carbons (Fsp3) is 0.300. The van der Waals surface area contributed by atoms with Crippen LogP contribution in [-0.4, -0.2) is 8.96 Å². The minimum Gasteiger partial charge on any atom is -0.477 e. The SMILES string of the molecule is C[C@H]1c2c(cc(F)c(Cl)c2Br)O[C@]1(/C=C/C(C)(C)S(N)=O)c1ccccc1. The number of halogens is 3. The predicted octanol–water partition coefficient (Wildman–Crippen LogP) is 5.59. The van der Waals surface area contributed by atoms with Crippen LogP contribution in [0.3, 0.4) is 0 Å². The molecule has 0 saturated heterocycles. The summed E-state index contributed by atoms with van der Waals surface area (Å²) >= 11 is 9.52. The molecule has 0 spiro atoms. The molecular weight excluding hydrogens is 453 g/mol. The second-order valence-corrected chi connectivity index (χ2v) is 9.93. The molecule has 27 heavy (non-hydrogen) atoms. The van der Waals surface area contributed by atoms with Gasteiger partial charge in [0.15, 0.2) is 5.60 Å². The topological polar surface area (TPSA) is 52.3 Å². The van der Waals surface area contributed by atoms with Crippen molar-refractivity contribution in [1.82, 2.24) is 0 Å². The molecule has 1 heterocycles. The predicted molar refractivity (Wildman–Crippen MR) is 112 cm³/mol. The Kier molecular flexibility index (Phi) is 5.56. The second kappa shape index (κ2) is 7.32. The molecule has 1 aliphatic heterocycles. The van der Waals surface area contributed by atoms with Crippen molar-refractivity contribution in [3.63, 3.8) is 0 Å². The number of hydrogen-bond donors (Lipinski definition) is 1. The summed E-state index contributed by atoms with van der Waals surface area (Å²) < 4.78 is 32.1. The van der Waals surface area contributed by atoms with E-state index in [1.807, 2.05) is 43.3 Å². The lowest BCUT2D eigenvalue weighted by Crippen LogP contribution is -2.35. The van der Waals surface area contributed by atoms with Crippen LogP contribution in [0.2, 0.25) is 5.02 Å². The van der Waals surface area contributed by atoms with Crippen LogP contribution >= 0.6 is 27.5 Å². The quantitative estimate of drug-likeness (QED) is 0.466. The zero-order valence-electron chi connectivity index (χ0n) is 15.1. The fourth-order valence-corrected chi connectivity index (χ4v) is 4.32. The Bertz CT molecular complexity index is 935. The molecule has 0 bridgehead atoms. The third-order valence-corrected chi connectivity index (χ3v) is 7.59. The van der Waals surface area contributed by atoms with Crippen molar-refractivity contribution in [2.45, 2.75) is 37.0 Å². The highest BCUT2D eigenvalue weighted by Crippen LogP contribution is 2.55. The normalized spacial score (nSPS) is 23.3. The summed E-state index contributed by atoms with van der Waals surface area (Å²) in [5.41, 5.74) is 0.786. The smallest absolute Gasteiger partial charge is 0.159 e. The van der Waals surface area contributed by atoms with Gasteiger partial charge in [-0.25, -0.2) is 8.60 Å². The maximum Gasteiger partial charge on any atom is 0.159 e. The molecular formula is C20H20BrClFNO2S. The van der Waals surface area contributed by atoms with Crippen LogP contribution in [0.1, 0.15) is 37.8 Å². The molecule has 0 amide bonds. The van der Waals surface area contributed by atoms with E-state index in [2.05, 4.69) is 15.9 Å². The molecule has 2 N–H and O–H groups in total. The van der Waals surface area contributed by atoms with Gasteiger partial charge in [0, 0.05) is 22.0 Å². The van der Waals surface area contributed by atoms with E-state index in [9.17, 15) is 8.60 Å². The largest absolute Gasteiger partial charge is 0.477 e. The number of hydrogen-bond acceptors (Lipinski definition) is 2. The highest BCUT2D eigenvalue weighted by atomic mass is 79.9. The van der Waals surface area contributed by atoms with Crippen LogP contribution in [0.15, 0.2) is 53.0 Å². The summed E-state index contributed by atoms with van der Waals surface area (Å²) in [6, 6.07) is 11.0. The minimum atomic E-state index is -1.56. The lowest BCUT2D eigenvalue weighted by molar-refractivity contribution is 0.125. The first-order valence-corrected chi connectivity index (χ1v) is 10.8. The van der Waals surface area contributed by atoms with Gasteiger partial charge in [-0.2, -0.15) is 0 Å². The zero-order valence-corrected chi connectivity index (χ0v) is 18.3. The van der Waals surface area contributed by atoms with Crippen LogP contribution < -0.4 is 9.88 Å². The Morgan fingerprint density at radius 2 is 2.00 bits per heavy atom. The first-order chi connectivity index (χ1) is 12.6. The number of nitrogens with two attached hydrogens (primary N) is 1. The van der Waals surface area contributed by atoms with Gasteiger partial charge < -0.3 is 4.74 Å². The van der Waals surface area contributed by atoms with Crippen molar-refractivity contribution in [3.8, 4) is 5.75 Å². The van der Waals surface area contributed by atoms with Gasteiger partial charge in [-0.3, -0.25) is 5.14 Å². The highest BCUT2D eigenvalue weighted by molar-refractivity contribution is 9.10. The number of ether oxygens (including phenoxy) is 1. The van der Waals surface area contributed by atoms with E-state index in [0.717, 1.165) is 11.1 Å². The van der Waals surface area contributed by atoms with Crippen molar-refractivity contribution >= 4 is 38.5 Å². The zero-order chi connectivity index (χ0) is 20.0. The van der Waals surface area contributed by atoms with Gasteiger partial charge in [0.2, 0.25) is 0 Å². The average molecular weight is 473 g/mol. The van der Waals surface area contributed by atoms with Gasteiger partial charge in [-0.1, -0.05) is 54.9 Å². The first-order valence-electron chi connectivity index (χ1n) is 8.39. The van der Waals surface area contributed by atoms with Gasteiger partial charge in [-0.05, 0) is 41.4 Å². The van der Waals surface area contributed by atoms with E-state index in [1.165, 1.54) is 6.07 Å². The van der Waals surface area contributed by atoms with Gasteiger partial charge in [0.25, 0.3) is 0 Å². The minimum absolute atomic E-state index is 0.0282. The molecule has 1 unspecified atom stereocenters. The monoisotopic (exact) mass is 471 g/mol. The maximum atomic E-state index is 14.2. The van der Waals surface area contributed by atoms with Crippen molar-refractivity contribution in [2.75, 3.05) is 0 Å². The lowest BCUT2D eigenvalue weighted by Gasteiger charge is -2.32. The third-order valence-electron chi connectivity index (χ3n) is 4.99. The van der Waals surface area contributed by atoms with Crippen LogP contribution in [0.4, 0.5) is 4.39 Å². The summed E-state index contributed by atoms with van der Waals surface area (Å²) in [6.07, 6.45) is 3.67. The third kappa shape index (κ3) is 3.48. The van der Waals surface area contributed by atoms with E-state index in [-0.39, 0.29) is 10.9 Å². The van der Waals surface area contributed by atoms with Crippen molar-refractivity contribution in [1.29, 1.82) is 0 Å². The van der Waals surface area contributed by atoms with Crippen molar-refractivity contribution in [3.05, 3.63) is 75.0 Å². The van der Waals surface area contributed by atoms with Crippen molar-refractivity contribution in [2.24, 2.45) is 5.14 Å². The van der Waals surface area contributed by atoms with Crippen molar-refractivity contribution < 1.29 is 13.3 Å². The van der Waals surface area contributed by atoms with E-state index in [1.54, 1.807) is 19.9 Å². The van der Waals surface area contributed by atoms with Gasteiger partial charge in [0.1, 0.15) is 11.6 Å². The molecule has 144 valence electrons. The Morgan fingerprint density at radius 3 is 2.59 bits per heavy atom. The molecule has 0 radical (unpaired) electrons. The van der Waals surface area contributed by atoms with Gasteiger partial charge in [-0.15, -0.1) is 0 Å². The molecule has 0 aromatic heterocycles. The first kappa shape index (κ1) is 20.5. The molecule has 7 heteroatoms. The summed E-state index contributed by atoms with van der Waals surface area (Å²) in [7, 11) is -1.56. The molecule has 0 fully saturated rings. The maximum absolute atomic E-state index is 14.2. The molecule has 0 aliphatic carbocycles. The molecule has 2 aromatic rings. The average Bonchev–Trinajstić information content (AvgIpc) is 2.91. The summed E-state index contributed by atoms with van der Waals surface area (Å²) in [5, 5.41) is 5.65. The van der Waals surface area contributed by atoms with E-state index in [4.69, 9.17) is 21.5 Å².